The van der Waals surface area contributed by atoms with Gasteiger partial charge in [0.25, 0.3) is 0 Å². The topological polar surface area (TPSA) is 49.4 Å². The van der Waals surface area contributed by atoms with E-state index in [1.807, 2.05) is 0 Å². The summed E-state index contributed by atoms with van der Waals surface area (Å²) in [5.74, 6) is 0. The summed E-state index contributed by atoms with van der Waals surface area (Å²) in [6.07, 6.45) is 0. The number of halogens is 2. The first kappa shape index (κ1) is 14.8. The molecule has 0 saturated carbocycles. The summed E-state index contributed by atoms with van der Waals surface area (Å²) < 4.78 is 28.4. The molecular weight excluding hydrogens is 328 g/mol. The second-order valence-corrected chi connectivity index (χ2v) is 6.28. The van der Waals surface area contributed by atoms with Crippen molar-refractivity contribution in [2.45, 2.75) is 13.8 Å². The summed E-state index contributed by atoms with van der Waals surface area (Å²) in [7, 11) is -3.50. The maximum atomic E-state index is 12.0. The second kappa shape index (κ2) is 6.04. The molecule has 0 atom stereocenters. The van der Waals surface area contributed by atoms with Crippen molar-refractivity contribution in [1.82, 2.24) is 4.31 Å². The fourth-order valence-electron chi connectivity index (χ4n) is 1.34. The van der Waals surface area contributed by atoms with Crippen molar-refractivity contribution in [3.8, 4) is 0 Å². The largest absolute Gasteiger partial charge is 0.301 e. The van der Waals surface area contributed by atoms with E-state index in [-0.39, 0.29) is 0 Å². The van der Waals surface area contributed by atoms with Crippen molar-refractivity contribution in [3.05, 3.63) is 27.7 Å². The van der Waals surface area contributed by atoms with Crippen LogP contribution in [0.4, 0.5) is 5.69 Å². The van der Waals surface area contributed by atoms with E-state index < -0.39 is 10.2 Å². The van der Waals surface area contributed by atoms with Crippen LogP contribution >= 0.6 is 27.5 Å². The van der Waals surface area contributed by atoms with Gasteiger partial charge in [0.2, 0.25) is 0 Å². The molecule has 0 fully saturated rings. The van der Waals surface area contributed by atoms with E-state index in [1.165, 1.54) is 4.31 Å². The SMILES string of the molecule is CCN(CC)S(=O)(=O)Nc1ccc(Cl)cc1Br. The highest BCUT2D eigenvalue weighted by Gasteiger charge is 2.19. The molecule has 1 rings (SSSR count). The normalized spacial score (nSPS) is 11.8. The summed E-state index contributed by atoms with van der Waals surface area (Å²) in [4.78, 5) is 0. The van der Waals surface area contributed by atoms with Crippen molar-refractivity contribution in [3.63, 3.8) is 0 Å². The first-order chi connectivity index (χ1) is 7.90. The average molecular weight is 342 g/mol. The Morgan fingerprint density at radius 2 is 1.94 bits per heavy atom. The molecule has 0 aliphatic rings. The zero-order chi connectivity index (χ0) is 13.1. The Bertz CT molecular complexity index is 489. The van der Waals surface area contributed by atoms with E-state index in [2.05, 4.69) is 20.7 Å². The van der Waals surface area contributed by atoms with Gasteiger partial charge >= 0.3 is 10.2 Å². The van der Waals surface area contributed by atoms with Crippen LogP contribution in [0.25, 0.3) is 0 Å². The Morgan fingerprint density at radius 3 is 2.41 bits per heavy atom. The van der Waals surface area contributed by atoms with Crippen molar-refractivity contribution < 1.29 is 8.42 Å². The Kier molecular flexibility index (Phi) is 5.24. The summed E-state index contributed by atoms with van der Waals surface area (Å²) in [6.45, 7) is 4.44. The van der Waals surface area contributed by atoms with E-state index in [4.69, 9.17) is 11.6 Å². The molecule has 0 aliphatic carbocycles. The molecule has 1 aromatic rings. The number of nitrogens with zero attached hydrogens (tertiary/aromatic N) is 1. The van der Waals surface area contributed by atoms with Gasteiger partial charge < -0.3 is 0 Å². The molecule has 1 N–H and O–H groups in total. The zero-order valence-electron chi connectivity index (χ0n) is 9.57. The predicted octanol–water partition coefficient (Wildman–Crippen LogP) is 3.10. The first-order valence-corrected chi connectivity index (χ1v) is 7.74. The van der Waals surface area contributed by atoms with Gasteiger partial charge in [0, 0.05) is 22.6 Å². The number of nitrogens with one attached hydrogen (secondary N) is 1. The van der Waals surface area contributed by atoms with Crippen molar-refractivity contribution in [2.24, 2.45) is 0 Å². The van der Waals surface area contributed by atoms with E-state index in [9.17, 15) is 8.42 Å². The Hall–Kier alpha value is -0.300. The lowest BCUT2D eigenvalue weighted by Gasteiger charge is -2.20. The van der Waals surface area contributed by atoms with E-state index in [0.717, 1.165) is 0 Å². The summed E-state index contributed by atoms with van der Waals surface area (Å²) in [5.41, 5.74) is 0.473. The Labute approximate surface area is 115 Å². The molecule has 0 aliphatic heterocycles. The average Bonchev–Trinajstić information content (AvgIpc) is 2.23. The molecule has 0 radical (unpaired) electrons. The third-order valence-electron chi connectivity index (χ3n) is 2.22. The zero-order valence-corrected chi connectivity index (χ0v) is 12.7. The van der Waals surface area contributed by atoms with Crippen LogP contribution in [0, 0.1) is 0 Å². The van der Waals surface area contributed by atoms with Crippen LogP contribution in [-0.2, 0) is 10.2 Å². The lowest BCUT2D eigenvalue weighted by atomic mass is 10.3. The Balaban J connectivity index is 2.98. The Morgan fingerprint density at radius 1 is 1.35 bits per heavy atom. The molecule has 0 unspecified atom stereocenters. The van der Waals surface area contributed by atoms with Gasteiger partial charge in [-0.1, -0.05) is 25.4 Å². The molecule has 96 valence electrons. The summed E-state index contributed by atoms with van der Waals surface area (Å²) in [6, 6.07) is 4.89. The van der Waals surface area contributed by atoms with E-state index in [1.54, 1.807) is 32.0 Å². The molecule has 0 spiro atoms. The number of rotatable bonds is 5. The maximum Gasteiger partial charge on any atom is 0.301 e. The van der Waals surface area contributed by atoms with Gasteiger partial charge in [-0.05, 0) is 34.1 Å². The van der Waals surface area contributed by atoms with Gasteiger partial charge in [0.15, 0.2) is 0 Å². The molecule has 17 heavy (non-hydrogen) atoms. The van der Waals surface area contributed by atoms with Gasteiger partial charge in [-0.25, -0.2) is 0 Å². The van der Waals surface area contributed by atoms with Crippen molar-refractivity contribution in [1.29, 1.82) is 0 Å². The highest BCUT2D eigenvalue weighted by Crippen LogP contribution is 2.27. The minimum atomic E-state index is -3.50. The third kappa shape index (κ3) is 3.84. The van der Waals surface area contributed by atoms with Crippen LogP contribution in [0.1, 0.15) is 13.8 Å². The van der Waals surface area contributed by atoms with Crippen molar-refractivity contribution in [2.75, 3.05) is 17.8 Å². The predicted molar refractivity (Wildman–Crippen MR) is 74.6 cm³/mol. The van der Waals surface area contributed by atoms with Crippen LogP contribution in [0.15, 0.2) is 22.7 Å². The quantitative estimate of drug-likeness (QED) is 0.894. The smallest absolute Gasteiger partial charge is 0.270 e. The van der Waals surface area contributed by atoms with Gasteiger partial charge in [-0.3, -0.25) is 4.72 Å². The minimum absolute atomic E-state index is 0.428. The van der Waals surface area contributed by atoms with Gasteiger partial charge in [0.05, 0.1) is 5.69 Å². The molecule has 0 amide bonds. The number of hydrogen-bond donors (Lipinski definition) is 1. The van der Waals surface area contributed by atoms with Gasteiger partial charge in [-0.2, -0.15) is 12.7 Å². The van der Waals surface area contributed by atoms with Crippen LogP contribution < -0.4 is 4.72 Å². The molecule has 0 saturated heterocycles. The molecular formula is C10H14BrClN2O2S. The highest BCUT2D eigenvalue weighted by atomic mass is 79.9. The van der Waals surface area contributed by atoms with Crippen LogP contribution in [0.2, 0.25) is 5.02 Å². The minimum Gasteiger partial charge on any atom is -0.270 e. The van der Waals surface area contributed by atoms with Crippen LogP contribution in [0.5, 0.6) is 0 Å². The molecule has 7 heteroatoms. The third-order valence-corrected chi connectivity index (χ3v) is 4.78. The number of anilines is 1. The molecule has 1 aromatic carbocycles. The summed E-state index contributed by atoms with van der Waals surface area (Å²) in [5, 5.41) is 0.544. The van der Waals surface area contributed by atoms with Crippen LogP contribution in [0.3, 0.4) is 0 Å². The molecule has 0 bridgehead atoms. The lowest BCUT2D eigenvalue weighted by Crippen LogP contribution is -2.35. The molecule has 0 heterocycles. The maximum absolute atomic E-state index is 12.0. The number of hydrogen-bond acceptors (Lipinski definition) is 2. The lowest BCUT2D eigenvalue weighted by molar-refractivity contribution is 0.449. The van der Waals surface area contributed by atoms with Gasteiger partial charge in [0.1, 0.15) is 0 Å². The van der Waals surface area contributed by atoms with E-state index in [0.29, 0.717) is 28.3 Å². The van der Waals surface area contributed by atoms with Crippen LogP contribution in [-0.4, -0.2) is 25.8 Å². The van der Waals surface area contributed by atoms with Crippen molar-refractivity contribution >= 4 is 43.4 Å². The fourth-order valence-corrected chi connectivity index (χ4v) is 3.52. The molecule has 0 aromatic heterocycles. The monoisotopic (exact) mass is 340 g/mol. The fraction of sp³-hybridized carbons (Fsp3) is 0.400. The van der Waals surface area contributed by atoms with E-state index >= 15 is 0 Å². The highest BCUT2D eigenvalue weighted by molar-refractivity contribution is 9.10. The number of benzene rings is 1. The summed E-state index contributed by atoms with van der Waals surface area (Å²) >= 11 is 9.05. The first-order valence-electron chi connectivity index (χ1n) is 5.13. The van der Waals surface area contributed by atoms with Gasteiger partial charge in [-0.15, -0.1) is 0 Å². The molecule has 4 nitrogen and oxygen atoms in total. The second-order valence-electron chi connectivity index (χ2n) is 3.32. The standard InChI is InChI=1S/C10H14BrClN2O2S/c1-3-14(4-2)17(15,16)13-10-6-5-8(12)7-9(10)11/h5-7,13H,3-4H2,1-2H3.